The van der Waals surface area contributed by atoms with Gasteiger partial charge >= 0.3 is 5.97 Å². The summed E-state index contributed by atoms with van der Waals surface area (Å²) in [6.45, 7) is 1.87. The molecule has 0 aliphatic rings. The first-order valence-corrected chi connectivity index (χ1v) is 18.5. The summed E-state index contributed by atoms with van der Waals surface area (Å²) in [7, 11) is -4.22. The summed E-state index contributed by atoms with van der Waals surface area (Å²) in [5.41, 5.74) is 5.35. The van der Waals surface area contributed by atoms with Crippen molar-refractivity contribution in [1.29, 1.82) is 0 Å². The van der Waals surface area contributed by atoms with Crippen LogP contribution in [0.5, 0.6) is 0 Å². The lowest BCUT2D eigenvalue weighted by molar-refractivity contribution is -0.137. The van der Waals surface area contributed by atoms with Crippen LogP contribution in [0.15, 0.2) is 144 Å². The lowest BCUT2D eigenvalue weighted by Crippen LogP contribution is -2.35. The smallest absolute Gasteiger partial charge is 0.305 e. The quantitative estimate of drug-likeness (QED) is 0.131. The molecule has 0 radical (unpaired) electrons. The summed E-state index contributed by atoms with van der Waals surface area (Å²) in [6.07, 6.45) is -0.392. The summed E-state index contributed by atoms with van der Waals surface area (Å²) in [6, 6.07) is 38.8. The van der Waals surface area contributed by atoms with Crippen molar-refractivity contribution in [1.82, 2.24) is 5.32 Å². The molecule has 1 unspecified atom stereocenters. The number of aryl methyl sites for hydroxylation is 1. The second-order valence-corrected chi connectivity index (χ2v) is 15.0. The molecule has 0 saturated carbocycles. The number of sulfonamides is 1. The van der Waals surface area contributed by atoms with Crippen LogP contribution in [0.3, 0.4) is 0 Å². The van der Waals surface area contributed by atoms with Crippen LogP contribution in [0, 0.1) is 6.92 Å². The van der Waals surface area contributed by atoms with Gasteiger partial charge < -0.3 is 10.4 Å². The third kappa shape index (κ3) is 7.81. The first-order valence-electron chi connectivity index (χ1n) is 15.8. The lowest BCUT2D eigenvalue weighted by Gasteiger charge is -2.27. The molecule has 2 N–H and O–H groups in total. The van der Waals surface area contributed by atoms with Crippen LogP contribution in [-0.2, 0) is 21.4 Å². The van der Waals surface area contributed by atoms with Crippen LogP contribution in [-0.4, -0.2) is 25.4 Å². The Morgan fingerprint density at radius 2 is 1.34 bits per heavy atom. The molecule has 6 aromatic rings. The van der Waals surface area contributed by atoms with Gasteiger partial charge in [-0.2, -0.15) is 0 Å². The standard InChI is InChI=1S/C40H33ClN2O5S2/c1-27-22-23-49-38(27)26-43(50(47,48)34-19-16-31(17-20-34)29-10-6-3-7-11-29)37-21-18-33(41)24-35(37)40(46)42-36(25-39(44)45)32-14-12-30(13-15-32)28-8-4-2-5-9-28/h2-24,36H,25-26H2,1H3,(H,42,46)(H,44,45). The minimum atomic E-state index is -4.22. The topological polar surface area (TPSA) is 104 Å². The molecule has 0 spiro atoms. The van der Waals surface area contributed by atoms with Gasteiger partial charge in [-0.05, 0) is 82.1 Å². The maximum Gasteiger partial charge on any atom is 0.305 e. The van der Waals surface area contributed by atoms with Crippen molar-refractivity contribution in [3.05, 3.63) is 165 Å². The van der Waals surface area contributed by atoms with Crippen LogP contribution >= 0.6 is 22.9 Å². The summed E-state index contributed by atoms with van der Waals surface area (Å²) in [5, 5.41) is 14.7. The largest absolute Gasteiger partial charge is 0.481 e. The maximum atomic E-state index is 14.5. The van der Waals surface area contributed by atoms with Crippen molar-refractivity contribution in [2.45, 2.75) is 30.8 Å². The van der Waals surface area contributed by atoms with E-state index in [0.29, 0.717) is 5.56 Å². The normalized spacial score (nSPS) is 11.9. The minimum Gasteiger partial charge on any atom is -0.481 e. The first kappa shape index (κ1) is 34.6. The number of nitrogens with zero attached hydrogens (tertiary/aromatic N) is 1. The summed E-state index contributed by atoms with van der Waals surface area (Å²) in [5.74, 6) is -1.77. The van der Waals surface area contributed by atoms with Crippen molar-refractivity contribution in [2.75, 3.05) is 4.31 Å². The van der Waals surface area contributed by atoms with Crippen LogP contribution in [0.4, 0.5) is 5.69 Å². The van der Waals surface area contributed by atoms with Gasteiger partial charge in [0.1, 0.15) is 0 Å². The lowest BCUT2D eigenvalue weighted by atomic mass is 9.98. The molecular weight excluding hydrogens is 688 g/mol. The van der Waals surface area contributed by atoms with E-state index in [1.54, 1.807) is 36.4 Å². The third-order valence-corrected chi connectivity index (χ3v) is 11.4. The Bertz CT molecular complexity index is 2220. The number of hydrogen-bond donors (Lipinski definition) is 2. The number of halogens is 1. The van der Waals surface area contributed by atoms with Crippen LogP contribution in [0.2, 0.25) is 5.02 Å². The van der Waals surface area contributed by atoms with Gasteiger partial charge in [0.25, 0.3) is 15.9 Å². The molecule has 10 heteroatoms. The van der Waals surface area contributed by atoms with Gasteiger partial charge in [-0.25, -0.2) is 8.42 Å². The maximum absolute atomic E-state index is 14.5. The number of carbonyl (C=O) groups is 2. The molecule has 0 aliphatic carbocycles. The molecule has 1 amide bonds. The van der Waals surface area contributed by atoms with Gasteiger partial charge in [-0.15, -0.1) is 11.3 Å². The van der Waals surface area contributed by atoms with Crippen molar-refractivity contribution in [3.8, 4) is 22.3 Å². The van der Waals surface area contributed by atoms with Crippen molar-refractivity contribution >= 4 is 50.5 Å². The number of aliphatic carboxylic acids is 1. The summed E-state index contributed by atoms with van der Waals surface area (Å²) >= 11 is 7.83. The van der Waals surface area contributed by atoms with Gasteiger partial charge in [0.05, 0.1) is 35.2 Å². The molecule has 252 valence electrons. The highest BCUT2D eigenvalue weighted by Gasteiger charge is 2.31. The summed E-state index contributed by atoms with van der Waals surface area (Å²) < 4.78 is 30.2. The third-order valence-electron chi connectivity index (χ3n) is 8.38. The number of carboxylic acids is 1. The average Bonchev–Trinajstić information content (AvgIpc) is 3.55. The fraction of sp³-hybridized carbons (Fsp3) is 0.100. The molecule has 1 atom stereocenters. The number of rotatable bonds is 12. The predicted molar refractivity (Wildman–Crippen MR) is 200 cm³/mol. The number of carbonyl (C=O) groups excluding carboxylic acids is 1. The van der Waals surface area contributed by atoms with E-state index in [1.165, 1.54) is 33.8 Å². The Hall–Kier alpha value is -5.22. The van der Waals surface area contributed by atoms with E-state index in [9.17, 15) is 23.1 Å². The van der Waals surface area contributed by atoms with Gasteiger partial charge in [0.2, 0.25) is 0 Å². The van der Waals surface area contributed by atoms with Crippen LogP contribution < -0.4 is 9.62 Å². The number of nitrogens with one attached hydrogen (secondary N) is 1. The second-order valence-electron chi connectivity index (χ2n) is 11.7. The van der Waals surface area contributed by atoms with E-state index in [0.717, 1.165) is 32.7 Å². The molecule has 6 rings (SSSR count). The predicted octanol–water partition coefficient (Wildman–Crippen LogP) is 9.39. The van der Waals surface area contributed by atoms with Crippen molar-refractivity contribution in [2.24, 2.45) is 0 Å². The highest BCUT2D eigenvalue weighted by Crippen LogP contribution is 2.34. The Labute approximate surface area is 300 Å². The zero-order valence-corrected chi connectivity index (χ0v) is 29.4. The molecule has 5 aromatic carbocycles. The zero-order chi connectivity index (χ0) is 35.3. The minimum absolute atomic E-state index is 0.00696. The fourth-order valence-electron chi connectivity index (χ4n) is 5.68. The molecule has 1 aromatic heterocycles. The van der Waals surface area contributed by atoms with Gasteiger partial charge in [-0.1, -0.05) is 109 Å². The number of thiophene rings is 1. The number of hydrogen-bond acceptors (Lipinski definition) is 5. The summed E-state index contributed by atoms with van der Waals surface area (Å²) in [4.78, 5) is 27.0. The average molecular weight is 721 g/mol. The molecule has 0 fully saturated rings. The number of benzene rings is 5. The molecular formula is C40H33ClN2O5S2. The highest BCUT2D eigenvalue weighted by molar-refractivity contribution is 7.92. The van der Waals surface area contributed by atoms with Crippen molar-refractivity contribution < 1.29 is 23.1 Å². The van der Waals surface area contributed by atoms with Crippen LogP contribution in [0.1, 0.15) is 38.8 Å². The molecule has 1 heterocycles. The second kappa shape index (κ2) is 15.1. The Morgan fingerprint density at radius 1 is 0.780 bits per heavy atom. The number of carboxylic acid groups (broad SMARTS) is 1. The number of anilines is 1. The Kier molecular flexibility index (Phi) is 10.5. The highest BCUT2D eigenvalue weighted by atomic mass is 35.5. The van der Waals surface area contributed by atoms with E-state index < -0.39 is 34.4 Å². The zero-order valence-electron chi connectivity index (χ0n) is 27.0. The Morgan fingerprint density at radius 3 is 1.88 bits per heavy atom. The molecule has 0 bridgehead atoms. The van der Waals surface area contributed by atoms with Crippen LogP contribution in [0.25, 0.3) is 22.3 Å². The van der Waals surface area contributed by atoms with E-state index in [4.69, 9.17) is 11.6 Å². The first-order chi connectivity index (χ1) is 24.1. The fourth-order valence-corrected chi connectivity index (χ4v) is 8.28. The molecule has 0 saturated heterocycles. The van der Waals surface area contributed by atoms with Crippen molar-refractivity contribution in [3.63, 3.8) is 0 Å². The Balaban J connectivity index is 1.37. The molecule has 50 heavy (non-hydrogen) atoms. The van der Waals surface area contributed by atoms with E-state index in [-0.39, 0.29) is 27.7 Å². The number of amides is 1. The SMILES string of the molecule is Cc1ccsc1CN(c1ccc(Cl)cc1C(=O)NC(CC(=O)O)c1ccc(-c2ccccc2)cc1)S(=O)(=O)c1ccc(-c2ccccc2)cc1. The van der Waals surface area contributed by atoms with E-state index in [2.05, 4.69) is 5.32 Å². The molecule has 7 nitrogen and oxygen atoms in total. The molecule has 0 aliphatic heterocycles. The van der Waals surface area contributed by atoms with Gasteiger partial charge in [-0.3, -0.25) is 13.9 Å². The van der Waals surface area contributed by atoms with Gasteiger partial charge in [0, 0.05) is 9.90 Å². The van der Waals surface area contributed by atoms with Gasteiger partial charge in [0.15, 0.2) is 0 Å². The van der Waals surface area contributed by atoms with E-state index >= 15 is 0 Å². The van der Waals surface area contributed by atoms with E-state index in [1.807, 2.05) is 91.2 Å². The monoisotopic (exact) mass is 720 g/mol.